The predicted molar refractivity (Wildman–Crippen MR) is 59.6 cm³/mol. The van der Waals surface area contributed by atoms with Crippen molar-refractivity contribution < 1.29 is 0 Å². The first-order valence-corrected chi connectivity index (χ1v) is 4.71. The normalized spacial score (nSPS) is 17.7. The summed E-state index contributed by atoms with van der Waals surface area (Å²) in [5.41, 5.74) is 2.57. The molecule has 0 atom stereocenters. The fraction of sp³-hybridized carbons (Fsp3) is 0.231. The largest absolute Gasteiger partial charge is 0.0870 e. The smallest absolute Gasteiger partial charge is 0.0162 e. The van der Waals surface area contributed by atoms with Crippen molar-refractivity contribution in [2.45, 2.75) is 20.3 Å². The maximum atomic E-state index is 2.18. The van der Waals surface area contributed by atoms with Crippen LogP contribution in [0.25, 0.3) is 0 Å². The molecular formula is C13H16. The van der Waals surface area contributed by atoms with Crippen molar-refractivity contribution >= 4 is 0 Å². The molecule has 0 aliphatic heterocycles. The Labute approximate surface area is 80.7 Å². The lowest BCUT2D eigenvalue weighted by atomic mass is 10.1. The van der Waals surface area contributed by atoms with Gasteiger partial charge >= 0.3 is 0 Å². The molecule has 1 rings (SSSR count). The van der Waals surface area contributed by atoms with E-state index in [-0.39, 0.29) is 0 Å². The Bertz CT molecular complexity index is 266. The van der Waals surface area contributed by atoms with Gasteiger partial charge in [-0.3, -0.25) is 0 Å². The van der Waals surface area contributed by atoms with E-state index in [4.69, 9.17) is 0 Å². The van der Waals surface area contributed by atoms with Crippen LogP contribution in [0.3, 0.4) is 0 Å². The van der Waals surface area contributed by atoms with E-state index in [9.17, 15) is 0 Å². The zero-order valence-corrected chi connectivity index (χ0v) is 8.33. The van der Waals surface area contributed by atoms with E-state index >= 15 is 0 Å². The van der Waals surface area contributed by atoms with Gasteiger partial charge in [-0.25, -0.2) is 0 Å². The molecule has 0 fully saturated rings. The van der Waals surface area contributed by atoms with Gasteiger partial charge in [0.2, 0.25) is 0 Å². The third kappa shape index (κ3) is 2.90. The van der Waals surface area contributed by atoms with E-state index in [2.05, 4.69) is 48.6 Å². The van der Waals surface area contributed by atoms with Crippen LogP contribution in [-0.4, -0.2) is 0 Å². The van der Waals surface area contributed by atoms with E-state index in [1.54, 1.807) is 0 Å². The minimum absolute atomic E-state index is 1.03. The lowest BCUT2D eigenvalue weighted by Crippen LogP contribution is -1.78. The Hall–Kier alpha value is -1.30. The predicted octanol–water partition coefficient (Wildman–Crippen LogP) is 3.95. The van der Waals surface area contributed by atoms with Gasteiger partial charge in [-0.15, -0.1) is 0 Å². The Morgan fingerprint density at radius 2 is 1.38 bits per heavy atom. The first kappa shape index (κ1) is 9.79. The maximum Gasteiger partial charge on any atom is -0.0162 e. The van der Waals surface area contributed by atoms with Crippen LogP contribution < -0.4 is 0 Å². The molecule has 0 aromatic rings. The average Bonchev–Trinajstić information content (AvgIpc) is 2.33. The van der Waals surface area contributed by atoms with E-state index in [0.717, 1.165) is 6.42 Å². The zero-order chi connectivity index (χ0) is 9.52. The summed E-state index contributed by atoms with van der Waals surface area (Å²) >= 11 is 0. The topological polar surface area (TPSA) is 0 Å². The molecule has 1 aliphatic carbocycles. The molecule has 1 aliphatic rings. The Morgan fingerprint density at radius 3 is 1.77 bits per heavy atom. The van der Waals surface area contributed by atoms with Crippen LogP contribution in [0.2, 0.25) is 0 Å². The Morgan fingerprint density at radius 1 is 0.923 bits per heavy atom. The fourth-order valence-corrected chi connectivity index (χ4v) is 1.32. The number of hydrogen-bond donors (Lipinski definition) is 0. The first-order valence-electron chi connectivity index (χ1n) is 4.71. The summed E-state index contributed by atoms with van der Waals surface area (Å²) in [6.07, 6.45) is 18.2. The van der Waals surface area contributed by atoms with Crippen LogP contribution in [0.15, 0.2) is 59.8 Å². The number of rotatable bonds is 2. The molecule has 0 aromatic heterocycles. The van der Waals surface area contributed by atoms with E-state index in [0.29, 0.717) is 0 Å². The monoisotopic (exact) mass is 172 g/mol. The average molecular weight is 172 g/mol. The maximum absolute atomic E-state index is 2.18. The molecule has 0 radical (unpaired) electrons. The highest BCUT2D eigenvalue weighted by molar-refractivity contribution is 5.47. The second-order valence-electron chi connectivity index (χ2n) is 2.95. The van der Waals surface area contributed by atoms with Gasteiger partial charge in [0.25, 0.3) is 0 Å². The second-order valence-corrected chi connectivity index (χ2v) is 2.95. The zero-order valence-electron chi connectivity index (χ0n) is 8.33. The third-order valence-corrected chi connectivity index (χ3v) is 1.89. The van der Waals surface area contributed by atoms with Gasteiger partial charge in [0, 0.05) is 0 Å². The van der Waals surface area contributed by atoms with Crippen molar-refractivity contribution in [2.24, 2.45) is 0 Å². The Balaban J connectivity index is 3.06. The van der Waals surface area contributed by atoms with Crippen molar-refractivity contribution in [1.82, 2.24) is 0 Å². The summed E-state index contributed by atoms with van der Waals surface area (Å²) in [7, 11) is 0. The van der Waals surface area contributed by atoms with Crippen molar-refractivity contribution in [3.05, 3.63) is 59.8 Å². The van der Waals surface area contributed by atoms with Crippen molar-refractivity contribution in [3.8, 4) is 0 Å². The second kappa shape index (κ2) is 5.36. The molecule has 0 saturated carbocycles. The molecule has 0 heteroatoms. The molecule has 0 N–H and O–H groups in total. The SMILES string of the molecule is C/C=C\C1=C(/C=C\C)C=CCC=C1. The van der Waals surface area contributed by atoms with Crippen molar-refractivity contribution in [2.75, 3.05) is 0 Å². The van der Waals surface area contributed by atoms with Gasteiger partial charge in [0.05, 0.1) is 0 Å². The van der Waals surface area contributed by atoms with Gasteiger partial charge in [-0.05, 0) is 31.4 Å². The molecule has 0 amide bonds. The lowest BCUT2D eigenvalue weighted by molar-refractivity contribution is 1.40. The summed E-state index contributed by atoms with van der Waals surface area (Å²) in [4.78, 5) is 0. The van der Waals surface area contributed by atoms with Crippen LogP contribution in [0, 0.1) is 0 Å². The van der Waals surface area contributed by atoms with E-state index < -0.39 is 0 Å². The van der Waals surface area contributed by atoms with Gasteiger partial charge in [-0.2, -0.15) is 0 Å². The van der Waals surface area contributed by atoms with Crippen LogP contribution in [-0.2, 0) is 0 Å². The molecule has 0 spiro atoms. The third-order valence-electron chi connectivity index (χ3n) is 1.89. The summed E-state index contributed by atoms with van der Waals surface area (Å²) in [5.74, 6) is 0. The lowest BCUT2D eigenvalue weighted by Gasteiger charge is -1.97. The van der Waals surface area contributed by atoms with Crippen LogP contribution in [0.5, 0.6) is 0 Å². The molecule has 0 unspecified atom stereocenters. The quantitative estimate of drug-likeness (QED) is 0.591. The molecule has 0 nitrogen and oxygen atoms in total. The molecule has 0 heterocycles. The first-order chi connectivity index (χ1) is 6.38. The Kier molecular flexibility index (Phi) is 4.04. The van der Waals surface area contributed by atoms with Crippen LogP contribution >= 0.6 is 0 Å². The van der Waals surface area contributed by atoms with Gasteiger partial charge in [-0.1, -0.05) is 48.6 Å². The van der Waals surface area contributed by atoms with Gasteiger partial charge in [0.1, 0.15) is 0 Å². The molecule has 0 aromatic carbocycles. The minimum Gasteiger partial charge on any atom is -0.0870 e. The van der Waals surface area contributed by atoms with Crippen molar-refractivity contribution in [1.29, 1.82) is 0 Å². The standard InChI is InChI=1S/C13H16/c1-3-8-12-10-6-5-7-11-13(12)9-4-2/h3-4,6-11H,5H2,1-2H3/b8-3-,9-4-. The van der Waals surface area contributed by atoms with E-state index in [1.807, 2.05) is 13.8 Å². The van der Waals surface area contributed by atoms with Crippen molar-refractivity contribution in [3.63, 3.8) is 0 Å². The minimum atomic E-state index is 1.03. The van der Waals surface area contributed by atoms with Crippen LogP contribution in [0.4, 0.5) is 0 Å². The fourth-order valence-electron chi connectivity index (χ4n) is 1.32. The molecule has 13 heavy (non-hydrogen) atoms. The molecule has 68 valence electrons. The van der Waals surface area contributed by atoms with Crippen LogP contribution in [0.1, 0.15) is 20.3 Å². The number of allylic oxidation sites excluding steroid dienone is 10. The summed E-state index contributed by atoms with van der Waals surface area (Å²) < 4.78 is 0. The van der Waals surface area contributed by atoms with Gasteiger partial charge < -0.3 is 0 Å². The summed E-state index contributed by atoms with van der Waals surface area (Å²) in [6, 6.07) is 0. The number of hydrogen-bond acceptors (Lipinski definition) is 0. The molecular weight excluding hydrogens is 156 g/mol. The highest BCUT2D eigenvalue weighted by Crippen LogP contribution is 2.15. The van der Waals surface area contributed by atoms with E-state index in [1.165, 1.54) is 11.1 Å². The van der Waals surface area contributed by atoms with Gasteiger partial charge in [0.15, 0.2) is 0 Å². The summed E-state index contributed by atoms with van der Waals surface area (Å²) in [5, 5.41) is 0. The summed E-state index contributed by atoms with van der Waals surface area (Å²) in [6.45, 7) is 4.09. The highest BCUT2D eigenvalue weighted by atomic mass is 14.0. The molecule has 0 bridgehead atoms. The molecule has 0 saturated heterocycles. The highest BCUT2D eigenvalue weighted by Gasteiger charge is 1.95.